The van der Waals surface area contributed by atoms with Gasteiger partial charge in [-0.15, -0.1) is 0 Å². The third-order valence-corrected chi connectivity index (χ3v) is 6.44. The molecule has 0 aliphatic rings. The van der Waals surface area contributed by atoms with E-state index in [1.54, 1.807) is 31.2 Å². The van der Waals surface area contributed by atoms with E-state index in [4.69, 9.17) is 4.74 Å². The number of carbonyl (C=O) groups excluding carboxylic acids is 2. The second kappa shape index (κ2) is 9.75. The Morgan fingerprint density at radius 2 is 1.48 bits per heavy atom. The maximum absolute atomic E-state index is 13.6. The van der Waals surface area contributed by atoms with Crippen LogP contribution >= 0.6 is 0 Å². The van der Waals surface area contributed by atoms with Crippen LogP contribution in [0.3, 0.4) is 0 Å². The van der Waals surface area contributed by atoms with Gasteiger partial charge in [0.15, 0.2) is 5.75 Å². The van der Waals surface area contributed by atoms with Crippen molar-refractivity contribution < 1.29 is 22.7 Å². The molecule has 0 radical (unpaired) electrons. The molecule has 162 valence electrons. The Morgan fingerprint density at radius 3 is 2.19 bits per heavy atom. The first-order chi connectivity index (χ1) is 14.9. The molecule has 0 saturated carbocycles. The van der Waals surface area contributed by atoms with E-state index in [-0.39, 0.29) is 29.2 Å². The number of para-hydroxylation sites is 2. The molecule has 7 heteroatoms. The standard InChI is InChI=1S/C24H25NO5S/c1-3-9-23(26)25(21-13-7-8-14-22(21)30-24(27)10-4-2)31(28,29)20-16-15-18-11-5-6-12-19(18)17-20/h5-8,11-17H,3-4,9-10H2,1-2H3. The summed E-state index contributed by atoms with van der Waals surface area (Å²) in [5, 5.41) is 1.64. The molecule has 1 amide bonds. The molecule has 0 aromatic heterocycles. The molecule has 31 heavy (non-hydrogen) atoms. The Balaban J connectivity index is 2.13. The van der Waals surface area contributed by atoms with Gasteiger partial charge in [0.1, 0.15) is 5.69 Å². The number of rotatable bonds is 8. The number of esters is 1. The molecular weight excluding hydrogens is 414 g/mol. The van der Waals surface area contributed by atoms with Crippen LogP contribution in [0.15, 0.2) is 71.6 Å². The van der Waals surface area contributed by atoms with Gasteiger partial charge in [0.25, 0.3) is 10.0 Å². The number of hydrogen-bond acceptors (Lipinski definition) is 5. The Hall–Kier alpha value is -3.19. The summed E-state index contributed by atoms with van der Waals surface area (Å²) < 4.78 is 33.4. The van der Waals surface area contributed by atoms with E-state index >= 15 is 0 Å². The van der Waals surface area contributed by atoms with Crippen molar-refractivity contribution in [3.05, 3.63) is 66.7 Å². The molecule has 0 heterocycles. The molecule has 0 aliphatic heterocycles. The number of fused-ring (bicyclic) bond motifs is 1. The molecule has 6 nitrogen and oxygen atoms in total. The van der Waals surface area contributed by atoms with Crippen molar-refractivity contribution in [3.63, 3.8) is 0 Å². The van der Waals surface area contributed by atoms with E-state index in [0.717, 1.165) is 15.1 Å². The number of amides is 1. The number of ether oxygens (including phenoxy) is 1. The van der Waals surface area contributed by atoms with Gasteiger partial charge < -0.3 is 4.74 Å². The monoisotopic (exact) mass is 439 g/mol. The van der Waals surface area contributed by atoms with Gasteiger partial charge in [-0.2, -0.15) is 4.31 Å². The lowest BCUT2D eigenvalue weighted by molar-refractivity contribution is -0.134. The maximum atomic E-state index is 13.6. The van der Waals surface area contributed by atoms with Crippen molar-refractivity contribution in [2.45, 2.75) is 44.4 Å². The fourth-order valence-electron chi connectivity index (χ4n) is 3.24. The third kappa shape index (κ3) is 4.94. The summed E-state index contributed by atoms with van der Waals surface area (Å²) in [6.07, 6.45) is 1.29. The molecule has 0 N–H and O–H groups in total. The van der Waals surface area contributed by atoms with Gasteiger partial charge >= 0.3 is 5.97 Å². The molecule has 3 aromatic rings. The van der Waals surface area contributed by atoms with Crippen LogP contribution in [0, 0.1) is 0 Å². The normalized spacial score (nSPS) is 11.3. The van der Waals surface area contributed by atoms with Crippen molar-refractivity contribution in [2.24, 2.45) is 0 Å². The van der Waals surface area contributed by atoms with Gasteiger partial charge in [-0.3, -0.25) is 9.59 Å². The van der Waals surface area contributed by atoms with E-state index < -0.39 is 21.9 Å². The van der Waals surface area contributed by atoms with Gasteiger partial charge in [-0.1, -0.05) is 56.3 Å². The lowest BCUT2D eigenvalue weighted by atomic mass is 10.1. The molecule has 0 fully saturated rings. The van der Waals surface area contributed by atoms with E-state index in [2.05, 4.69) is 0 Å². The van der Waals surface area contributed by atoms with Crippen LogP contribution in [-0.4, -0.2) is 20.3 Å². The minimum Gasteiger partial charge on any atom is -0.424 e. The zero-order valence-electron chi connectivity index (χ0n) is 17.6. The first-order valence-electron chi connectivity index (χ1n) is 10.2. The van der Waals surface area contributed by atoms with Crippen molar-refractivity contribution >= 4 is 38.4 Å². The largest absolute Gasteiger partial charge is 0.424 e. The number of hydrogen-bond donors (Lipinski definition) is 0. The Kier molecular flexibility index (Phi) is 7.07. The van der Waals surface area contributed by atoms with Crippen LogP contribution in [-0.2, 0) is 19.6 Å². The molecule has 0 atom stereocenters. The summed E-state index contributed by atoms with van der Waals surface area (Å²) >= 11 is 0. The quantitative estimate of drug-likeness (QED) is 0.362. The SMILES string of the molecule is CCCC(=O)Oc1ccccc1N(C(=O)CCC)S(=O)(=O)c1ccc2ccccc2c1. The van der Waals surface area contributed by atoms with E-state index in [1.165, 1.54) is 18.2 Å². The third-order valence-electron chi connectivity index (χ3n) is 4.71. The lowest BCUT2D eigenvalue weighted by Crippen LogP contribution is -2.37. The van der Waals surface area contributed by atoms with Crippen LogP contribution in [0.25, 0.3) is 10.8 Å². The number of benzene rings is 3. The fraction of sp³-hybridized carbons (Fsp3) is 0.250. The highest BCUT2D eigenvalue weighted by molar-refractivity contribution is 7.93. The van der Waals surface area contributed by atoms with E-state index in [9.17, 15) is 18.0 Å². The van der Waals surface area contributed by atoms with Crippen LogP contribution in [0.5, 0.6) is 5.75 Å². The van der Waals surface area contributed by atoms with Crippen molar-refractivity contribution in [2.75, 3.05) is 4.31 Å². The van der Waals surface area contributed by atoms with Crippen LogP contribution < -0.4 is 9.04 Å². The smallest absolute Gasteiger partial charge is 0.311 e. The van der Waals surface area contributed by atoms with Gasteiger partial charge in [0.2, 0.25) is 5.91 Å². The average Bonchev–Trinajstić information content (AvgIpc) is 2.75. The van der Waals surface area contributed by atoms with Crippen molar-refractivity contribution in [3.8, 4) is 5.75 Å². The van der Waals surface area contributed by atoms with Gasteiger partial charge in [0, 0.05) is 12.8 Å². The summed E-state index contributed by atoms with van der Waals surface area (Å²) in [7, 11) is -4.25. The second-order valence-electron chi connectivity index (χ2n) is 7.11. The van der Waals surface area contributed by atoms with Crippen molar-refractivity contribution in [1.82, 2.24) is 0 Å². The Labute approximate surface area is 182 Å². The molecule has 0 bridgehead atoms. The van der Waals surface area contributed by atoms with Crippen LogP contribution in [0.1, 0.15) is 39.5 Å². The first-order valence-corrected chi connectivity index (χ1v) is 11.7. The van der Waals surface area contributed by atoms with Crippen LogP contribution in [0.2, 0.25) is 0 Å². The molecule has 0 spiro atoms. The number of carbonyl (C=O) groups is 2. The van der Waals surface area contributed by atoms with E-state index in [0.29, 0.717) is 12.8 Å². The zero-order valence-corrected chi connectivity index (χ0v) is 18.4. The molecule has 0 saturated heterocycles. The first kappa shape index (κ1) is 22.5. The van der Waals surface area contributed by atoms with Crippen molar-refractivity contribution in [1.29, 1.82) is 0 Å². The van der Waals surface area contributed by atoms with Crippen LogP contribution in [0.4, 0.5) is 5.69 Å². The summed E-state index contributed by atoms with van der Waals surface area (Å²) in [6, 6.07) is 18.3. The number of sulfonamides is 1. The minimum atomic E-state index is -4.25. The average molecular weight is 440 g/mol. The maximum Gasteiger partial charge on any atom is 0.311 e. The minimum absolute atomic E-state index is 0.00894. The highest BCUT2D eigenvalue weighted by atomic mass is 32.2. The zero-order chi connectivity index (χ0) is 22.4. The topological polar surface area (TPSA) is 80.8 Å². The molecule has 3 rings (SSSR count). The van der Waals surface area contributed by atoms with E-state index in [1.807, 2.05) is 31.2 Å². The number of anilines is 1. The lowest BCUT2D eigenvalue weighted by Gasteiger charge is -2.24. The van der Waals surface area contributed by atoms with Gasteiger partial charge in [-0.25, -0.2) is 8.42 Å². The molecular formula is C24H25NO5S. The molecule has 3 aromatic carbocycles. The Morgan fingerprint density at radius 1 is 0.839 bits per heavy atom. The summed E-state index contributed by atoms with van der Waals surface area (Å²) in [6.45, 7) is 3.64. The summed E-state index contributed by atoms with van der Waals surface area (Å²) in [4.78, 5) is 25.1. The summed E-state index contributed by atoms with van der Waals surface area (Å²) in [5.74, 6) is -1.04. The predicted molar refractivity (Wildman–Crippen MR) is 121 cm³/mol. The highest BCUT2D eigenvalue weighted by Gasteiger charge is 2.33. The fourth-order valence-corrected chi connectivity index (χ4v) is 4.73. The summed E-state index contributed by atoms with van der Waals surface area (Å²) in [5.41, 5.74) is 0.0264. The highest BCUT2D eigenvalue weighted by Crippen LogP contribution is 2.34. The Bertz CT molecular complexity index is 1200. The predicted octanol–water partition coefficient (Wildman–Crippen LogP) is 5.07. The van der Waals surface area contributed by atoms with Gasteiger partial charge in [0.05, 0.1) is 4.90 Å². The molecule has 0 aliphatic carbocycles. The molecule has 0 unspecified atom stereocenters. The van der Waals surface area contributed by atoms with Gasteiger partial charge in [-0.05, 0) is 47.9 Å². The number of nitrogens with zero attached hydrogens (tertiary/aromatic N) is 1. The second-order valence-corrected chi connectivity index (χ2v) is 8.90.